The van der Waals surface area contributed by atoms with Gasteiger partial charge in [-0.1, -0.05) is 22.9 Å². The molecule has 0 saturated carbocycles. The number of amides is 1. The van der Waals surface area contributed by atoms with Gasteiger partial charge in [-0.2, -0.15) is 0 Å². The minimum atomic E-state index is -0.452. The van der Waals surface area contributed by atoms with E-state index in [2.05, 4.69) is 28.2 Å². The highest BCUT2D eigenvalue weighted by molar-refractivity contribution is 9.10. The van der Waals surface area contributed by atoms with Crippen LogP contribution in [0.4, 0.5) is 0 Å². The van der Waals surface area contributed by atoms with Gasteiger partial charge in [-0.05, 0) is 24.6 Å². The number of nitrogens with two attached hydrogens (primary N) is 1. The summed E-state index contributed by atoms with van der Waals surface area (Å²) in [6, 6.07) is 5.95. The molecule has 0 atom stereocenters. The quantitative estimate of drug-likeness (QED) is 0.635. The van der Waals surface area contributed by atoms with Crippen LogP contribution in [0.25, 0.3) is 0 Å². The number of benzene rings is 1. The first-order chi connectivity index (χ1) is 9.63. The number of nitrogens with one attached hydrogen (secondary N) is 1. The summed E-state index contributed by atoms with van der Waals surface area (Å²) in [7, 11) is 0. The Hall–Kier alpha value is -1.11. The summed E-state index contributed by atoms with van der Waals surface area (Å²) in [5.41, 5.74) is 6.06. The van der Waals surface area contributed by atoms with E-state index in [-0.39, 0.29) is 6.61 Å². The fourth-order valence-corrected chi connectivity index (χ4v) is 1.99. The van der Waals surface area contributed by atoms with Crippen molar-refractivity contribution in [3.63, 3.8) is 0 Å². The van der Waals surface area contributed by atoms with Gasteiger partial charge in [0.05, 0.1) is 13.2 Å². The minimum absolute atomic E-state index is 0.0383. The highest BCUT2D eigenvalue weighted by Gasteiger charge is 2.04. The van der Waals surface area contributed by atoms with Gasteiger partial charge in [-0.3, -0.25) is 4.79 Å². The van der Waals surface area contributed by atoms with E-state index >= 15 is 0 Å². The summed E-state index contributed by atoms with van der Waals surface area (Å²) in [5, 5.41) is 3.24. The Bertz CT molecular complexity index is 427. The topological polar surface area (TPSA) is 73.6 Å². The molecule has 5 nitrogen and oxygen atoms in total. The van der Waals surface area contributed by atoms with Crippen LogP contribution in [0.1, 0.15) is 18.9 Å². The predicted molar refractivity (Wildman–Crippen MR) is 81.6 cm³/mol. The Kier molecular flexibility index (Phi) is 8.25. The van der Waals surface area contributed by atoms with Crippen LogP contribution in [-0.2, 0) is 16.1 Å². The predicted octanol–water partition coefficient (Wildman–Crippen LogP) is 1.83. The van der Waals surface area contributed by atoms with Crippen LogP contribution in [-0.4, -0.2) is 32.3 Å². The Morgan fingerprint density at radius 2 is 2.20 bits per heavy atom. The van der Waals surface area contributed by atoms with Gasteiger partial charge in [0, 0.05) is 23.1 Å². The lowest BCUT2D eigenvalue weighted by molar-refractivity contribution is -0.122. The molecule has 0 saturated heterocycles. The second-order valence-electron chi connectivity index (χ2n) is 4.30. The van der Waals surface area contributed by atoms with Crippen molar-refractivity contribution < 1.29 is 14.3 Å². The molecule has 0 bridgehead atoms. The maximum atomic E-state index is 10.5. The summed E-state index contributed by atoms with van der Waals surface area (Å²) in [5.74, 6) is 0.438. The molecule has 0 unspecified atom stereocenters. The normalized spacial score (nSPS) is 10.5. The van der Waals surface area contributed by atoms with E-state index in [1.807, 2.05) is 18.2 Å². The van der Waals surface area contributed by atoms with Gasteiger partial charge in [0.25, 0.3) is 0 Å². The number of hydrogen-bond donors (Lipinski definition) is 2. The molecule has 0 aliphatic heterocycles. The molecule has 1 rings (SSSR count). The van der Waals surface area contributed by atoms with E-state index in [0.717, 1.165) is 22.2 Å². The number of halogens is 1. The molecule has 6 heteroatoms. The molecule has 0 aliphatic carbocycles. The maximum absolute atomic E-state index is 10.5. The zero-order valence-electron chi connectivity index (χ0n) is 11.7. The molecule has 20 heavy (non-hydrogen) atoms. The summed E-state index contributed by atoms with van der Waals surface area (Å²) in [4.78, 5) is 10.5. The van der Waals surface area contributed by atoms with Crippen molar-refractivity contribution in [3.8, 4) is 5.75 Å². The zero-order valence-corrected chi connectivity index (χ0v) is 13.2. The highest BCUT2D eigenvalue weighted by Crippen LogP contribution is 2.23. The average Bonchev–Trinajstić information content (AvgIpc) is 2.41. The third-order valence-electron chi connectivity index (χ3n) is 2.47. The second kappa shape index (κ2) is 9.74. The molecule has 3 N–H and O–H groups in total. The molecule has 0 fully saturated rings. The summed E-state index contributed by atoms with van der Waals surface area (Å²) in [6.07, 6.45) is 0.976. The third kappa shape index (κ3) is 6.88. The standard InChI is InChI=1S/C14H21BrN2O3/c1-2-6-20-13-4-3-12(15)8-11(13)9-17-5-7-19-10-14(16)18/h3-4,8,17H,2,5-7,9-10H2,1H3,(H2,16,18). The van der Waals surface area contributed by atoms with E-state index in [0.29, 0.717) is 26.3 Å². The first kappa shape index (κ1) is 16.9. The largest absolute Gasteiger partial charge is 0.493 e. The Balaban J connectivity index is 2.37. The second-order valence-corrected chi connectivity index (χ2v) is 5.21. The molecule has 1 aromatic rings. The van der Waals surface area contributed by atoms with E-state index in [1.165, 1.54) is 0 Å². The zero-order chi connectivity index (χ0) is 14.8. The lowest BCUT2D eigenvalue weighted by Crippen LogP contribution is -2.24. The van der Waals surface area contributed by atoms with Crippen LogP contribution in [0, 0.1) is 0 Å². The molecule has 0 heterocycles. The molecule has 0 aliphatic rings. The Morgan fingerprint density at radius 3 is 2.90 bits per heavy atom. The SMILES string of the molecule is CCCOc1ccc(Br)cc1CNCCOCC(N)=O. The number of hydrogen-bond acceptors (Lipinski definition) is 4. The smallest absolute Gasteiger partial charge is 0.243 e. The molecule has 1 amide bonds. The van der Waals surface area contributed by atoms with Crippen LogP contribution in [0.3, 0.4) is 0 Å². The average molecular weight is 345 g/mol. The summed E-state index contributed by atoms with van der Waals surface area (Å²) >= 11 is 3.45. The molecule has 0 aromatic heterocycles. The maximum Gasteiger partial charge on any atom is 0.243 e. The lowest BCUT2D eigenvalue weighted by atomic mass is 10.2. The van der Waals surface area contributed by atoms with Gasteiger partial charge in [-0.15, -0.1) is 0 Å². The van der Waals surface area contributed by atoms with Crippen LogP contribution < -0.4 is 15.8 Å². The molecule has 0 spiro atoms. The highest BCUT2D eigenvalue weighted by atomic mass is 79.9. The number of rotatable bonds is 10. The molecular weight excluding hydrogens is 324 g/mol. The summed E-state index contributed by atoms with van der Waals surface area (Å²) < 4.78 is 11.8. The monoisotopic (exact) mass is 344 g/mol. The molecule has 1 aromatic carbocycles. The first-order valence-electron chi connectivity index (χ1n) is 6.61. The molecule has 0 radical (unpaired) electrons. The van der Waals surface area contributed by atoms with E-state index in [1.54, 1.807) is 0 Å². The van der Waals surface area contributed by atoms with E-state index in [4.69, 9.17) is 15.2 Å². The van der Waals surface area contributed by atoms with Crippen molar-refractivity contribution in [1.29, 1.82) is 0 Å². The van der Waals surface area contributed by atoms with Crippen molar-refractivity contribution in [2.45, 2.75) is 19.9 Å². The van der Waals surface area contributed by atoms with Crippen LogP contribution in [0.2, 0.25) is 0 Å². The van der Waals surface area contributed by atoms with Crippen molar-refractivity contribution in [2.75, 3.05) is 26.4 Å². The van der Waals surface area contributed by atoms with Gasteiger partial charge in [0.2, 0.25) is 5.91 Å². The third-order valence-corrected chi connectivity index (χ3v) is 2.96. The van der Waals surface area contributed by atoms with Crippen LogP contribution >= 0.6 is 15.9 Å². The van der Waals surface area contributed by atoms with Crippen molar-refractivity contribution >= 4 is 21.8 Å². The van der Waals surface area contributed by atoms with Gasteiger partial charge >= 0.3 is 0 Å². The molecule has 112 valence electrons. The number of ether oxygens (including phenoxy) is 2. The van der Waals surface area contributed by atoms with E-state index in [9.17, 15) is 4.79 Å². The fraction of sp³-hybridized carbons (Fsp3) is 0.500. The minimum Gasteiger partial charge on any atom is -0.493 e. The summed E-state index contributed by atoms with van der Waals surface area (Å²) in [6.45, 7) is 4.51. The van der Waals surface area contributed by atoms with Gasteiger partial charge in [0.15, 0.2) is 0 Å². The fourth-order valence-electron chi connectivity index (χ4n) is 1.58. The van der Waals surface area contributed by atoms with Crippen molar-refractivity contribution in [3.05, 3.63) is 28.2 Å². The number of primary amides is 1. The van der Waals surface area contributed by atoms with Gasteiger partial charge in [-0.25, -0.2) is 0 Å². The number of carbonyl (C=O) groups excluding carboxylic acids is 1. The first-order valence-corrected chi connectivity index (χ1v) is 7.40. The Morgan fingerprint density at radius 1 is 1.40 bits per heavy atom. The van der Waals surface area contributed by atoms with Gasteiger partial charge in [0.1, 0.15) is 12.4 Å². The number of carbonyl (C=O) groups is 1. The van der Waals surface area contributed by atoms with E-state index < -0.39 is 5.91 Å². The molecular formula is C14H21BrN2O3. The lowest BCUT2D eigenvalue weighted by Gasteiger charge is -2.12. The van der Waals surface area contributed by atoms with Crippen molar-refractivity contribution in [1.82, 2.24) is 5.32 Å². The Labute approximate surface area is 127 Å². The van der Waals surface area contributed by atoms with Crippen LogP contribution in [0.5, 0.6) is 5.75 Å². The van der Waals surface area contributed by atoms with Gasteiger partial charge < -0.3 is 20.5 Å². The van der Waals surface area contributed by atoms with Crippen LogP contribution in [0.15, 0.2) is 22.7 Å². The van der Waals surface area contributed by atoms with Crippen molar-refractivity contribution in [2.24, 2.45) is 5.73 Å².